The number of imidazole rings is 1. The van der Waals surface area contributed by atoms with Gasteiger partial charge in [0, 0.05) is 36.3 Å². The summed E-state index contributed by atoms with van der Waals surface area (Å²) in [6.45, 7) is 9.57. The number of nitrogens with zero attached hydrogens (tertiary/aromatic N) is 2. The maximum atomic E-state index is 12.7. The van der Waals surface area contributed by atoms with Gasteiger partial charge >= 0.3 is 5.69 Å². The smallest absolute Gasteiger partial charge is 0.326 e. The number of fused-ring (bicyclic) bond motifs is 1. The van der Waals surface area contributed by atoms with Gasteiger partial charge in [0.15, 0.2) is 0 Å². The van der Waals surface area contributed by atoms with Crippen LogP contribution in [0.4, 0.5) is 0 Å². The zero-order valence-corrected chi connectivity index (χ0v) is 18.7. The second-order valence-electron chi connectivity index (χ2n) is 9.20. The molecule has 2 aromatic rings. The summed E-state index contributed by atoms with van der Waals surface area (Å²) >= 11 is 6.25. The second-order valence-corrected chi connectivity index (χ2v) is 9.61. The standard InChI is InChI=1S/C23H34ClN3O2/c1-4-13-29-18-5-9-23(3,10-6-18)26-11-7-17(8-12-26)27-21-14-16(2)19(24)15-20(21)25-22(27)28/h14-15,17-18H,4-13H2,1-3H3,(H,25,28)/t18-,23+. The Morgan fingerprint density at radius 2 is 1.90 bits per heavy atom. The number of hydrogen-bond donors (Lipinski definition) is 1. The molecule has 6 heteroatoms. The summed E-state index contributed by atoms with van der Waals surface area (Å²) in [7, 11) is 0. The van der Waals surface area contributed by atoms with Crippen molar-refractivity contribution >= 4 is 22.6 Å². The van der Waals surface area contributed by atoms with E-state index in [0.29, 0.717) is 11.1 Å². The maximum absolute atomic E-state index is 12.7. The van der Waals surface area contributed by atoms with Crippen molar-refractivity contribution in [1.29, 1.82) is 0 Å². The first-order chi connectivity index (χ1) is 13.9. The zero-order valence-electron chi connectivity index (χ0n) is 18.0. The van der Waals surface area contributed by atoms with Crippen molar-refractivity contribution in [3.63, 3.8) is 0 Å². The van der Waals surface area contributed by atoms with Gasteiger partial charge in [0.25, 0.3) is 0 Å². The Kier molecular flexibility index (Phi) is 6.10. The highest BCUT2D eigenvalue weighted by molar-refractivity contribution is 6.32. The fraction of sp³-hybridized carbons (Fsp3) is 0.696. The Balaban J connectivity index is 1.43. The number of nitrogens with one attached hydrogen (secondary N) is 1. The van der Waals surface area contributed by atoms with E-state index in [0.717, 1.165) is 55.6 Å². The van der Waals surface area contributed by atoms with Crippen LogP contribution in [0.3, 0.4) is 0 Å². The first-order valence-electron chi connectivity index (χ1n) is 11.2. The molecule has 1 N–H and O–H groups in total. The minimum atomic E-state index is -0.0140. The molecule has 5 nitrogen and oxygen atoms in total. The molecule has 0 unspecified atom stereocenters. The van der Waals surface area contributed by atoms with E-state index in [-0.39, 0.29) is 17.3 Å². The molecule has 4 rings (SSSR count). The van der Waals surface area contributed by atoms with Crippen molar-refractivity contribution in [2.24, 2.45) is 0 Å². The average Bonchev–Trinajstić information content (AvgIpc) is 3.02. The van der Waals surface area contributed by atoms with Gasteiger partial charge in [-0.15, -0.1) is 0 Å². The Morgan fingerprint density at radius 3 is 2.55 bits per heavy atom. The van der Waals surface area contributed by atoms with Gasteiger partial charge < -0.3 is 9.72 Å². The summed E-state index contributed by atoms with van der Waals surface area (Å²) in [5, 5.41) is 0.701. The van der Waals surface area contributed by atoms with Crippen LogP contribution in [0.15, 0.2) is 16.9 Å². The largest absolute Gasteiger partial charge is 0.378 e. The molecular formula is C23H34ClN3O2. The van der Waals surface area contributed by atoms with Crippen LogP contribution in [0.5, 0.6) is 0 Å². The summed E-state index contributed by atoms with van der Waals surface area (Å²) in [6.07, 6.45) is 8.31. The lowest BCUT2D eigenvalue weighted by Gasteiger charge is -2.48. The quantitative estimate of drug-likeness (QED) is 0.737. The number of aromatic nitrogens is 2. The molecule has 2 fully saturated rings. The SMILES string of the molecule is CCCO[C@H]1CC[C@@](C)(N2CCC(n3c(=O)[nH]c4cc(Cl)c(C)cc43)CC2)CC1. The minimum absolute atomic E-state index is 0.0140. The van der Waals surface area contributed by atoms with Crippen LogP contribution in [0.2, 0.25) is 5.02 Å². The van der Waals surface area contributed by atoms with Crippen LogP contribution in [-0.4, -0.2) is 45.8 Å². The van der Waals surface area contributed by atoms with Gasteiger partial charge in [0.05, 0.1) is 17.1 Å². The number of likely N-dealkylation sites (tertiary alicyclic amines) is 1. The van der Waals surface area contributed by atoms with Gasteiger partial charge in [0.2, 0.25) is 0 Å². The lowest BCUT2D eigenvalue weighted by molar-refractivity contribution is -0.0305. The predicted molar refractivity (Wildman–Crippen MR) is 119 cm³/mol. The lowest BCUT2D eigenvalue weighted by Crippen LogP contribution is -2.53. The van der Waals surface area contributed by atoms with Crippen LogP contribution in [-0.2, 0) is 4.74 Å². The van der Waals surface area contributed by atoms with Crippen LogP contribution < -0.4 is 5.69 Å². The van der Waals surface area contributed by atoms with Crippen molar-refractivity contribution in [3.8, 4) is 0 Å². The van der Waals surface area contributed by atoms with Crippen LogP contribution in [0, 0.1) is 6.92 Å². The van der Waals surface area contributed by atoms with Crippen molar-refractivity contribution in [2.45, 2.75) is 83.4 Å². The molecule has 1 saturated carbocycles. The summed E-state index contributed by atoms with van der Waals surface area (Å²) in [6, 6.07) is 4.17. The van der Waals surface area contributed by atoms with Gasteiger partial charge in [-0.25, -0.2) is 4.79 Å². The van der Waals surface area contributed by atoms with Crippen molar-refractivity contribution < 1.29 is 4.74 Å². The van der Waals surface area contributed by atoms with Gasteiger partial charge in [-0.3, -0.25) is 9.47 Å². The highest BCUT2D eigenvalue weighted by Gasteiger charge is 2.38. The van der Waals surface area contributed by atoms with Crippen LogP contribution in [0.25, 0.3) is 11.0 Å². The third-order valence-electron chi connectivity index (χ3n) is 7.16. The number of H-pyrrole nitrogens is 1. The van der Waals surface area contributed by atoms with Crippen LogP contribution >= 0.6 is 11.6 Å². The number of rotatable bonds is 5. The predicted octanol–water partition coefficient (Wildman–Crippen LogP) is 5.06. The topological polar surface area (TPSA) is 50.3 Å². The monoisotopic (exact) mass is 419 g/mol. The molecule has 1 aliphatic heterocycles. The summed E-state index contributed by atoms with van der Waals surface area (Å²) in [5.41, 5.74) is 3.09. The summed E-state index contributed by atoms with van der Waals surface area (Å²) in [4.78, 5) is 18.3. The molecule has 160 valence electrons. The lowest BCUT2D eigenvalue weighted by atomic mass is 9.79. The Labute approximate surface area is 178 Å². The third-order valence-corrected chi connectivity index (χ3v) is 7.56. The molecule has 0 atom stereocenters. The van der Waals surface area contributed by atoms with E-state index < -0.39 is 0 Å². The molecule has 1 saturated heterocycles. The molecule has 0 radical (unpaired) electrons. The van der Waals surface area contributed by atoms with Crippen LogP contribution in [0.1, 0.15) is 70.4 Å². The molecule has 0 amide bonds. The van der Waals surface area contributed by atoms with Gasteiger partial charge in [-0.05, 0) is 76.5 Å². The van der Waals surface area contributed by atoms with Gasteiger partial charge in [-0.2, -0.15) is 0 Å². The third kappa shape index (κ3) is 4.14. The van der Waals surface area contributed by atoms with Gasteiger partial charge in [0.1, 0.15) is 0 Å². The molecular weight excluding hydrogens is 386 g/mol. The van der Waals surface area contributed by atoms with Crippen molar-refractivity contribution in [3.05, 3.63) is 33.2 Å². The van der Waals surface area contributed by atoms with E-state index in [2.05, 4.69) is 23.7 Å². The number of halogens is 1. The van der Waals surface area contributed by atoms with E-state index in [1.807, 2.05) is 23.6 Å². The molecule has 29 heavy (non-hydrogen) atoms. The number of aromatic amines is 1. The minimum Gasteiger partial charge on any atom is -0.378 e. The molecule has 2 heterocycles. The molecule has 2 aliphatic rings. The number of piperidine rings is 1. The highest BCUT2D eigenvalue weighted by Crippen LogP contribution is 2.38. The normalized spacial score (nSPS) is 27.0. The highest BCUT2D eigenvalue weighted by atomic mass is 35.5. The fourth-order valence-corrected chi connectivity index (χ4v) is 5.42. The Morgan fingerprint density at radius 1 is 1.21 bits per heavy atom. The maximum Gasteiger partial charge on any atom is 0.326 e. The van der Waals surface area contributed by atoms with Crippen molar-refractivity contribution in [2.75, 3.05) is 19.7 Å². The molecule has 1 aromatic carbocycles. The van der Waals surface area contributed by atoms with E-state index in [1.165, 1.54) is 25.7 Å². The number of hydrogen-bond acceptors (Lipinski definition) is 3. The Bertz CT molecular complexity index is 903. The summed E-state index contributed by atoms with van der Waals surface area (Å²) in [5.74, 6) is 0. The fourth-order valence-electron chi connectivity index (χ4n) is 5.26. The van der Waals surface area contributed by atoms with E-state index in [1.54, 1.807) is 0 Å². The van der Waals surface area contributed by atoms with E-state index >= 15 is 0 Å². The Hall–Kier alpha value is -1.30. The first kappa shape index (κ1) is 21.0. The number of ether oxygens (including phenoxy) is 1. The zero-order chi connectivity index (χ0) is 20.6. The first-order valence-corrected chi connectivity index (χ1v) is 11.6. The molecule has 1 aliphatic carbocycles. The number of benzene rings is 1. The molecule has 0 spiro atoms. The molecule has 1 aromatic heterocycles. The second kappa shape index (κ2) is 8.44. The average molecular weight is 420 g/mol. The van der Waals surface area contributed by atoms with E-state index in [9.17, 15) is 4.79 Å². The molecule has 0 bridgehead atoms. The number of aryl methyl sites for hydroxylation is 1. The van der Waals surface area contributed by atoms with Crippen molar-refractivity contribution in [1.82, 2.24) is 14.5 Å². The van der Waals surface area contributed by atoms with Gasteiger partial charge in [-0.1, -0.05) is 18.5 Å². The van der Waals surface area contributed by atoms with E-state index in [4.69, 9.17) is 16.3 Å². The summed E-state index contributed by atoms with van der Waals surface area (Å²) < 4.78 is 7.95.